The number of methoxy groups -OCH3 is 1. The highest BCUT2D eigenvalue weighted by Crippen LogP contribution is 2.20. The van der Waals surface area contributed by atoms with Gasteiger partial charge in [0.15, 0.2) is 0 Å². The van der Waals surface area contributed by atoms with Crippen molar-refractivity contribution in [2.45, 2.75) is 19.4 Å². The number of carboxylic acids is 1. The Morgan fingerprint density at radius 1 is 1.67 bits per heavy atom. The monoisotopic (exact) mass is 177 g/mol. The van der Waals surface area contributed by atoms with Crippen molar-refractivity contribution >= 4 is 5.97 Å². The molecule has 0 aromatic rings. The van der Waals surface area contributed by atoms with E-state index in [1.807, 2.05) is 0 Å². The van der Waals surface area contributed by atoms with Crippen LogP contribution in [-0.2, 0) is 14.4 Å². The summed E-state index contributed by atoms with van der Waals surface area (Å²) in [5.41, 5.74) is -1.44. The Morgan fingerprint density at radius 2 is 2.17 bits per heavy atom. The molecular weight excluding hydrogens is 162 g/mol. The van der Waals surface area contributed by atoms with Crippen LogP contribution in [0.3, 0.4) is 0 Å². The van der Waals surface area contributed by atoms with Gasteiger partial charge in [0.2, 0.25) is 5.60 Å². The molecule has 0 unspecified atom stereocenters. The minimum Gasteiger partial charge on any atom is -0.479 e. The molecule has 0 bridgehead atoms. The third-order valence-corrected chi connectivity index (χ3v) is 1.86. The van der Waals surface area contributed by atoms with E-state index in [-0.39, 0.29) is 12.5 Å². The highest BCUT2D eigenvalue weighted by Gasteiger charge is 2.43. The topological polar surface area (TPSA) is 81.8 Å². The second-order valence-corrected chi connectivity index (χ2v) is 2.90. The van der Waals surface area contributed by atoms with E-state index in [1.54, 1.807) is 13.8 Å². The lowest BCUT2D eigenvalue weighted by Crippen LogP contribution is -2.52. The normalized spacial score (nSPS) is 16.1. The molecule has 5 heteroatoms. The van der Waals surface area contributed by atoms with Crippen molar-refractivity contribution in [3.63, 3.8) is 0 Å². The summed E-state index contributed by atoms with van der Waals surface area (Å²) in [5, 5.41) is 8.84. The maximum absolute atomic E-state index is 10.8. The molecular formula is C7H15NO4. The molecule has 0 aliphatic carbocycles. The summed E-state index contributed by atoms with van der Waals surface area (Å²) in [4.78, 5) is 15.3. The summed E-state index contributed by atoms with van der Waals surface area (Å²) in [6.45, 7) is 3.36. The van der Waals surface area contributed by atoms with Gasteiger partial charge < -0.3 is 9.84 Å². The smallest absolute Gasteiger partial charge is 0.340 e. The second-order valence-electron chi connectivity index (χ2n) is 2.90. The summed E-state index contributed by atoms with van der Waals surface area (Å²) in [5.74, 6) is 3.58. The van der Waals surface area contributed by atoms with Gasteiger partial charge in [-0.15, -0.1) is 0 Å². The molecule has 0 saturated carbocycles. The lowest BCUT2D eigenvalue weighted by Gasteiger charge is -2.29. The summed E-state index contributed by atoms with van der Waals surface area (Å²) in [6, 6.07) is 0. The Kier molecular flexibility index (Phi) is 4.16. The molecule has 72 valence electrons. The SMILES string of the molecule is COC[C@@](ON)(C(=O)O)C(C)C. The van der Waals surface area contributed by atoms with Crippen molar-refractivity contribution in [3.05, 3.63) is 0 Å². The number of rotatable bonds is 5. The highest BCUT2D eigenvalue weighted by atomic mass is 16.7. The molecule has 0 amide bonds. The van der Waals surface area contributed by atoms with Crippen LogP contribution in [-0.4, -0.2) is 30.4 Å². The van der Waals surface area contributed by atoms with Gasteiger partial charge in [-0.1, -0.05) is 13.8 Å². The predicted molar refractivity (Wildman–Crippen MR) is 42.4 cm³/mol. The molecule has 0 aliphatic heterocycles. The van der Waals surface area contributed by atoms with E-state index in [0.717, 1.165) is 0 Å². The summed E-state index contributed by atoms with van der Waals surface area (Å²) in [6.07, 6.45) is 0. The van der Waals surface area contributed by atoms with E-state index in [9.17, 15) is 4.79 Å². The van der Waals surface area contributed by atoms with Gasteiger partial charge in [0.25, 0.3) is 0 Å². The van der Waals surface area contributed by atoms with Gasteiger partial charge in [-0.2, -0.15) is 0 Å². The summed E-state index contributed by atoms with van der Waals surface area (Å²) >= 11 is 0. The zero-order chi connectivity index (χ0) is 9.78. The van der Waals surface area contributed by atoms with Crippen molar-refractivity contribution in [2.75, 3.05) is 13.7 Å². The lowest BCUT2D eigenvalue weighted by atomic mass is 9.91. The van der Waals surface area contributed by atoms with Crippen molar-refractivity contribution < 1.29 is 19.5 Å². The number of carboxylic acid groups (broad SMARTS) is 1. The van der Waals surface area contributed by atoms with E-state index >= 15 is 0 Å². The first-order valence-electron chi connectivity index (χ1n) is 3.61. The van der Waals surface area contributed by atoms with Crippen LogP contribution in [0.25, 0.3) is 0 Å². The molecule has 1 atom stereocenters. The molecule has 0 aliphatic rings. The van der Waals surface area contributed by atoms with Crippen LogP contribution in [0.2, 0.25) is 0 Å². The maximum Gasteiger partial charge on any atom is 0.340 e. The van der Waals surface area contributed by atoms with E-state index in [2.05, 4.69) is 4.84 Å². The van der Waals surface area contributed by atoms with Crippen LogP contribution >= 0.6 is 0 Å². The van der Waals surface area contributed by atoms with Gasteiger partial charge >= 0.3 is 5.97 Å². The van der Waals surface area contributed by atoms with E-state index in [4.69, 9.17) is 15.7 Å². The Bertz CT molecular complexity index is 159. The number of aliphatic carboxylic acids is 1. The van der Waals surface area contributed by atoms with E-state index in [0.29, 0.717) is 0 Å². The van der Waals surface area contributed by atoms with Crippen molar-refractivity contribution in [1.29, 1.82) is 0 Å². The van der Waals surface area contributed by atoms with Gasteiger partial charge in [0.05, 0.1) is 6.61 Å². The Balaban J connectivity index is 4.63. The molecule has 0 fully saturated rings. The lowest BCUT2D eigenvalue weighted by molar-refractivity contribution is -0.183. The fraction of sp³-hybridized carbons (Fsp3) is 0.857. The number of hydrogen-bond donors (Lipinski definition) is 2. The first-order chi connectivity index (χ1) is 5.51. The molecule has 0 saturated heterocycles. The molecule has 0 spiro atoms. The highest BCUT2D eigenvalue weighted by molar-refractivity contribution is 5.78. The van der Waals surface area contributed by atoms with Crippen LogP contribution in [0, 0.1) is 5.92 Å². The molecule has 5 nitrogen and oxygen atoms in total. The number of carbonyl (C=O) groups is 1. The molecule has 0 aromatic heterocycles. The number of ether oxygens (including phenoxy) is 1. The fourth-order valence-electron chi connectivity index (χ4n) is 0.910. The third-order valence-electron chi connectivity index (χ3n) is 1.86. The number of nitrogens with two attached hydrogens (primary N) is 1. The summed E-state index contributed by atoms with van der Waals surface area (Å²) < 4.78 is 4.74. The van der Waals surface area contributed by atoms with Crippen LogP contribution in [0.1, 0.15) is 13.8 Å². The van der Waals surface area contributed by atoms with Crippen molar-refractivity contribution in [1.82, 2.24) is 0 Å². The summed E-state index contributed by atoms with van der Waals surface area (Å²) in [7, 11) is 1.40. The molecule has 0 rings (SSSR count). The minimum atomic E-state index is -1.44. The van der Waals surface area contributed by atoms with Gasteiger partial charge in [-0.25, -0.2) is 10.7 Å². The van der Waals surface area contributed by atoms with Crippen LogP contribution < -0.4 is 5.90 Å². The van der Waals surface area contributed by atoms with Crippen molar-refractivity contribution in [3.8, 4) is 0 Å². The van der Waals surface area contributed by atoms with Gasteiger partial charge in [0, 0.05) is 7.11 Å². The number of hydrogen-bond acceptors (Lipinski definition) is 4. The molecule has 0 heterocycles. The Labute approximate surface area is 71.4 Å². The average molecular weight is 177 g/mol. The molecule has 3 N–H and O–H groups in total. The van der Waals surface area contributed by atoms with Crippen LogP contribution in [0.5, 0.6) is 0 Å². The largest absolute Gasteiger partial charge is 0.479 e. The van der Waals surface area contributed by atoms with E-state index < -0.39 is 11.6 Å². The fourth-order valence-corrected chi connectivity index (χ4v) is 0.910. The van der Waals surface area contributed by atoms with Crippen LogP contribution in [0.15, 0.2) is 0 Å². The molecule has 12 heavy (non-hydrogen) atoms. The second kappa shape index (κ2) is 4.39. The predicted octanol–water partition coefficient (Wildman–Crippen LogP) is 0.00250. The zero-order valence-corrected chi connectivity index (χ0v) is 7.53. The van der Waals surface area contributed by atoms with Gasteiger partial charge in [-0.3, -0.25) is 4.84 Å². The first kappa shape index (κ1) is 11.4. The zero-order valence-electron chi connectivity index (χ0n) is 7.53. The minimum absolute atomic E-state index is 0.0590. The standard InChI is InChI=1S/C7H15NO4/c1-5(2)7(12-8,4-11-3)6(9)10/h5H,4,8H2,1-3H3,(H,9,10)/t7-/m0/s1. The Hall–Kier alpha value is -0.650. The first-order valence-corrected chi connectivity index (χ1v) is 3.61. The third kappa shape index (κ3) is 1.94. The van der Waals surface area contributed by atoms with E-state index in [1.165, 1.54) is 7.11 Å². The Morgan fingerprint density at radius 3 is 2.25 bits per heavy atom. The quantitative estimate of drug-likeness (QED) is 0.578. The molecule has 0 radical (unpaired) electrons. The van der Waals surface area contributed by atoms with Crippen molar-refractivity contribution in [2.24, 2.45) is 11.8 Å². The molecule has 0 aromatic carbocycles. The van der Waals surface area contributed by atoms with Gasteiger partial charge in [0.1, 0.15) is 0 Å². The maximum atomic E-state index is 10.8. The average Bonchev–Trinajstić information content (AvgIpc) is 1.98. The van der Waals surface area contributed by atoms with Crippen LogP contribution in [0.4, 0.5) is 0 Å². The van der Waals surface area contributed by atoms with Gasteiger partial charge in [-0.05, 0) is 5.92 Å².